The van der Waals surface area contributed by atoms with E-state index in [0.717, 1.165) is 42.7 Å². The van der Waals surface area contributed by atoms with Gasteiger partial charge in [0.25, 0.3) is 5.91 Å². The first-order valence-corrected chi connectivity index (χ1v) is 6.79. The van der Waals surface area contributed by atoms with Gasteiger partial charge in [0, 0.05) is 24.3 Å². The molecule has 1 heterocycles. The van der Waals surface area contributed by atoms with E-state index >= 15 is 0 Å². The summed E-state index contributed by atoms with van der Waals surface area (Å²) in [5.74, 6) is 5.51. The number of benzene rings is 1. The van der Waals surface area contributed by atoms with E-state index in [9.17, 15) is 4.79 Å². The van der Waals surface area contributed by atoms with Gasteiger partial charge in [-0.25, -0.2) is 0 Å². The van der Waals surface area contributed by atoms with Crippen LogP contribution in [0.5, 0.6) is 0 Å². The average molecular weight is 261 g/mol. The number of aryl methyl sites for hydroxylation is 1. The van der Waals surface area contributed by atoms with Gasteiger partial charge in [0.15, 0.2) is 0 Å². The summed E-state index contributed by atoms with van der Waals surface area (Å²) < 4.78 is 0. The first kappa shape index (κ1) is 13.9. The predicted molar refractivity (Wildman–Crippen MR) is 77.9 cm³/mol. The lowest BCUT2D eigenvalue weighted by Gasteiger charge is -2.37. The van der Waals surface area contributed by atoms with Crippen LogP contribution in [0.25, 0.3) is 0 Å². The molecule has 0 saturated carbocycles. The minimum absolute atomic E-state index is 0.136. The molecule has 1 saturated heterocycles. The zero-order chi connectivity index (χ0) is 14.0. The summed E-state index contributed by atoms with van der Waals surface area (Å²) in [5, 5.41) is 0. The fraction of sp³-hybridized carbons (Fsp3) is 0.533. The Morgan fingerprint density at radius 2 is 1.95 bits per heavy atom. The van der Waals surface area contributed by atoms with Crippen molar-refractivity contribution >= 4 is 11.6 Å². The van der Waals surface area contributed by atoms with Crippen LogP contribution < -0.4 is 11.3 Å². The number of nitrogens with two attached hydrogens (primary N) is 1. The molecule has 1 aliphatic rings. The van der Waals surface area contributed by atoms with Gasteiger partial charge in [-0.05, 0) is 48.9 Å². The van der Waals surface area contributed by atoms with E-state index in [1.54, 1.807) is 0 Å². The Labute approximate surface area is 114 Å². The van der Waals surface area contributed by atoms with Crippen molar-refractivity contribution in [2.45, 2.75) is 33.6 Å². The molecule has 0 atom stereocenters. The van der Waals surface area contributed by atoms with Crippen LogP contribution in [0, 0.1) is 12.3 Å². The molecule has 4 nitrogen and oxygen atoms in total. The zero-order valence-corrected chi connectivity index (χ0v) is 12.0. The second-order valence-corrected chi connectivity index (χ2v) is 6.13. The molecule has 0 radical (unpaired) electrons. The van der Waals surface area contributed by atoms with Crippen molar-refractivity contribution in [3.63, 3.8) is 0 Å². The summed E-state index contributed by atoms with van der Waals surface area (Å²) in [5.41, 5.74) is 5.53. The molecule has 1 aromatic carbocycles. The first-order chi connectivity index (χ1) is 8.93. The Kier molecular flexibility index (Phi) is 3.80. The molecule has 0 aliphatic carbocycles. The Bertz CT molecular complexity index is 472. The molecular formula is C15H23N3O. The van der Waals surface area contributed by atoms with Crippen LogP contribution in [0.15, 0.2) is 18.2 Å². The third-order valence-corrected chi connectivity index (χ3v) is 4.03. The fourth-order valence-corrected chi connectivity index (χ4v) is 2.48. The van der Waals surface area contributed by atoms with Crippen molar-refractivity contribution in [3.8, 4) is 0 Å². The Morgan fingerprint density at radius 1 is 1.32 bits per heavy atom. The third kappa shape index (κ3) is 3.07. The topological polar surface area (TPSA) is 58.4 Å². The molecule has 1 aromatic rings. The second-order valence-electron chi connectivity index (χ2n) is 6.13. The highest BCUT2D eigenvalue weighted by Crippen LogP contribution is 2.30. The Morgan fingerprint density at radius 3 is 2.47 bits per heavy atom. The standard InChI is InChI=1S/C15H23N3O/c1-11-10-12(17-16)4-5-13(11)14(19)18-8-6-15(2,3)7-9-18/h4-5,10,17H,6-9,16H2,1-3H3. The van der Waals surface area contributed by atoms with Gasteiger partial charge in [-0.3, -0.25) is 10.6 Å². The van der Waals surface area contributed by atoms with Crippen LogP contribution in [0.3, 0.4) is 0 Å². The summed E-state index contributed by atoms with van der Waals surface area (Å²) in [4.78, 5) is 14.5. The number of hydrogen-bond acceptors (Lipinski definition) is 3. The number of rotatable bonds is 2. The van der Waals surface area contributed by atoms with Gasteiger partial charge in [-0.15, -0.1) is 0 Å². The van der Waals surface area contributed by atoms with E-state index in [1.165, 1.54) is 0 Å². The molecule has 0 aromatic heterocycles. The molecule has 19 heavy (non-hydrogen) atoms. The molecule has 3 N–H and O–H groups in total. The van der Waals surface area contributed by atoms with Crippen LogP contribution in [-0.4, -0.2) is 23.9 Å². The zero-order valence-electron chi connectivity index (χ0n) is 12.0. The quantitative estimate of drug-likeness (QED) is 0.635. The van der Waals surface area contributed by atoms with Gasteiger partial charge in [0.05, 0.1) is 0 Å². The van der Waals surface area contributed by atoms with Crippen molar-refractivity contribution in [1.82, 2.24) is 4.90 Å². The highest BCUT2D eigenvalue weighted by Gasteiger charge is 2.28. The number of nitrogen functional groups attached to an aromatic ring is 1. The minimum atomic E-state index is 0.136. The van der Waals surface area contributed by atoms with E-state index in [2.05, 4.69) is 19.3 Å². The number of nitrogens with zero attached hydrogens (tertiary/aromatic N) is 1. The highest BCUT2D eigenvalue weighted by atomic mass is 16.2. The van der Waals surface area contributed by atoms with Crippen LogP contribution in [-0.2, 0) is 0 Å². The van der Waals surface area contributed by atoms with Crippen molar-refractivity contribution < 1.29 is 4.79 Å². The lowest BCUT2D eigenvalue weighted by molar-refractivity contribution is 0.0629. The monoisotopic (exact) mass is 261 g/mol. The fourth-order valence-electron chi connectivity index (χ4n) is 2.48. The van der Waals surface area contributed by atoms with Gasteiger partial charge < -0.3 is 10.3 Å². The first-order valence-electron chi connectivity index (χ1n) is 6.79. The highest BCUT2D eigenvalue weighted by molar-refractivity contribution is 5.96. The normalized spacial score (nSPS) is 18.2. The maximum atomic E-state index is 12.5. The van der Waals surface area contributed by atoms with E-state index in [4.69, 9.17) is 5.84 Å². The molecule has 4 heteroatoms. The average Bonchev–Trinajstić information content (AvgIpc) is 2.37. The lowest BCUT2D eigenvalue weighted by atomic mass is 9.82. The van der Waals surface area contributed by atoms with E-state index < -0.39 is 0 Å². The molecule has 0 spiro atoms. The molecule has 0 bridgehead atoms. The van der Waals surface area contributed by atoms with E-state index in [-0.39, 0.29) is 5.91 Å². The summed E-state index contributed by atoms with van der Waals surface area (Å²) in [6, 6.07) is 5.60. The predicted octanol–water partition coefficient (Wildman–Crippen LogP) is 2.54. The Balaban J connectivity index is 2.12. The van der Waals surface area contributed by atoms with Gasteiger partial charge in [0.2, 0.25) is 0 Å². The molecule has 1 aliphatic heterocycles. The Hall–Kier alpha value is -1.55. The van der Waals surface area contributed by atoms with Crippen molar-refractivity contribution in [2.24, 2.45) is 11.3 Å². The summed E-state index contributed by atoms with van der Waals surface area (Å²) in [6.45, 7) is 8.18. The second kappa shape index (κ2) is 5.21. The van der Waals surface area contributed by atoms with Gasteiger partial charge in [-0.2, -0.15) is 0 Å². The SMILES string of the molecule is Cc1cc(NN)ccc1C(=O)N1CCC(C)(C)CC1. The minimum Gasteiger partial charge on any atom is -0.339 e. The molecule has 1 fully saturated rings. The summed E-state index contributed by atoms with van der Waals surface area (Å²) in [6.07, 6.45) is 2.14. The smallest absolute Gasteiger partial charge is 0.254 e. The maximum absolute atomic E-state index is 12.5. The van der Waals surface area contributed by atoms with Gasteiger partial charge >= 0.3 is 0 Å². The van der Waals surface area contributed by atoms with E-state index in [1.807, 2.05) is 30.0 Å². The largest absolute Gasteiger partial charge is 0.339 e. The van der Waals surface area contributed by atoms with Crippen LogP contribution in [0.1, 0.15) is 42.6 Å². The number of piperidine rings is 1. The van der Waals surface area contributed by atoms with Crippen molar-refractivity contribution in [1.29, 1.82) is 0 Å². The van der Waals surface area contributed by atoms with Crippen LogP contribution >= 0.6 is 0 Å². The molecular weight excluding hydrogens is 238 g/mol. The van der Waals surface area contributed by atoms with E-state index in [0.29, 0.717) is 5.41 Å². The lowest BCUT2D eigenvalue weighted by Crippen LogP contribution is -2.41. The number of carbonyl (C=O) groups excluding carboxylic acids is 1. The number of amides is 1. The molecule has 1 amide bonds. The summed E-state index contributed by atoms with van der Waals surface area (Å²) >= 11 is 0. The maximum Gasteiger partial charge on any atom is 0.254 e. The molecule has 0 unspecified atom stereocenters. The van der Waals surface area contributed by atoms with Crippen molar-refractivity contribution in [3.05, 3.63) is 29.3 Å². The molecule has 2 rings (SSSR count). The number of hydrogen-bond donors (Lipinski definition) is 2. The number of hydrazine groups is 1. The van der Waals surface area contributed by atoms with Crippen LogP contribution in [0.4, 0.5) is 5.69 Å². The number of anilines is 1. The molecule has 104 valence electrons. The number of likely N-dealkylation sites (tertiary alicyclic amines) is 1. The van der Waals surface area contributed by atoms with Crippen LogP contribution in [0.2, 0.25) is 0 Å². The third-order valence-electron chi connectivity index (χ3n) is 4.03. The van der Waals surface area contributed by atoms with Crippen molar-refractivity contribution in [2.75, 3.05) is 18.5 Å². The van der Waals surface area contributed by atoms with Gasteiger partial charge in [0.1, 0.15) is 0 Å². The van der Waals surface area contributed by atoms with Gasteiger partial charge in [-0.1, -0.05) is 13.8 Å². The number of carbonyl (C=O) groups is 1. The number of nitrogens with one attached hydrogen (secondary N) is 1. The summed E-state index contributed by atoms with van der Waals surface area (Å²) in [7, 11) is 0.